The maximum Gasteiger partial charge on any atom is 2.00 e. The van der Waals surface area contributed by atoms with E-state index in [-0.39, 0.29) is 23.1 Å². The van der Waals surface area contributed by atoms with Gasteiger partial charge in [0, 0.05) is 0 Å². The van der Waals surface area contributed by atoms with Gasteiger partial charge in [-0.25, -0.2) is 0 Å². The van der Waals surface area contributed by atoms with Gasteiger partial charge < -0.3 is 19.8 Å². The van der Waals surface area contributed by atoms with Crippen LogP contribution in [0.2, 0.25) is 0 Å². The molecular formula is C4H4Cl2MgO4. The zero-order chi connectivity index (χ0) is 8.57. The zero-order valence-corrected chi connectivity index (χ0v) is 8.44. The Bertz CT molecular complexity index is 105. The van der Waals surface area contributed by atoms with E-state index in [0.29, 0.717) is 0 Å². The van der Waals surface area contributed by atoms with Crippen LogP contribution in [0.5, 0.6) is 0 Å². The molecule has 0 aliphatic carbocycles. The second kappa shape index (κ2) is 12.9. The second-order valence-electron chi connectivity index (χ2n) is 1.01. The Labute approximate surface area is 89.6 Å². The number of aliphatic carboxylic acids is 2. The fraction of sp³-hybridized carbons (Fsp3) is 0.500. The van der Waals surface area contributed by atoms with E-state index in [4.69, 9.17) is 19.8 Å². The third-order valence-corrected chi connectivity index (χ3v) is 0.655. The number of carboxylic acids is 2. The molecule has 0 spiro atoms. The van der Waals surface area contributed by atoms with Crippen LogP contribution in [-0.2, 0) is 9.59 Å². The molecule has 0 N–H and O–H groups in total. The molecule has 4 nitrogen and oxygen atoms in total. The maximum atomic E-state index is 9.12. The third-order valence-electron chi connectivity index (χ3n) is 0.218. The number of rotatable bonds is 2. The van der Waals surface area contributed by atoms with Crippen LogP contribution in [0.3, 0.4) is 0 Å². The molecule has 0 aliphatic rings. The summed E-state index contributed by atoms with van der Waals surface area (Å²) in [4.78, 5) is 18.2. The Hall–Kier alpha value is 0.286. The van der Waals surface area contributed by atoms with Gasteiger partial charge in [-0.05, 0) is 0 Å². The first-order valence-corrected chi connectivity index (χ1v) is 3.13. The van der Waals surface area contributed by atoms with Crippen LogP contribution in [0.1, 0.15) is 0 Å². The Kier molecular flexibility index (Phi) is 20.4. The van der Waals surface area contributed by atoms with E-state index >= 15 is 0 Å². The first kappa shape index (κ1) is 17.4. The van der Waals surface area contributed by atoms with Crippen molar-refractivity contribution in [1.29, 1.82) is 0 Å². The number of hydrogen-bond acceptors (Lipinski definition) is 4. The van der Waals surface area contributed by atoms with E-state index in [1.54, 1.807) is 0 Å². The molecule has 0 aromatic carbocycles. The van der Waals surface area contributed by atoms with Crippen molar-refractivity contribution < 1.29 is 19.8 Å². The number of hydrogen-bond donors (Lipinski definition) is 0. The normalized spacial score (nSPS) is 6.73. The molecule has 0 radical (unpaired) electrons. The second-order valence-corrected chi connectivity index (χ2v) is 1.55. The Morgan fingerprint density at radius 2 is 1.09 bits per heavy atom. The van der Waals surface area contributed by atoms with Crippen LogP contribution in [0.15, 0.2) is 0 Å². The first-order valence-electron chi connectivity index (χ1n) is 2.06. The molecule has 0 amide bonds. The molecule has 60 valence electrons. The van der Waals surface area contributed by atoms with Gasteiger partial charge in [-0.2, -0.15) is 0 Å². The van der Waals surface area contributed by atoms with E-state index in [1.165, 1.54) is 0 Å². The summed E-state index contributed by atoms with van der Waals surface area (Å²) in [6.45, 7) is 0. The summed E-state index contributed by atoms with van der Waals surface area (Å²) >= 11 is 9.35. The molecule has 0 aromatic rings. The summed E-state index contributed by atoms with van der Waals surface area (Å²) in [5, 5.41) is 18.2. The molecule has 0 unspecified atom stereocenters. The van der Waals surface area contributed by atoms with E-state index in [0.717, 1.165) is 0 Å². The smallest absolute Gasteiger partial charge is 0.549 e. The standard InChI is InChI=1S/2C2H3ClO2.Mg/c2*3-1-2(4)5;/h2*1H2,(H,4,5);/q;;+2/p-2. The molecule has 7 heteroatoms. The molecule has 0 fully saturated rings. The number of carboxylic acid groups (broad SMARTS) is 2. The summed E-state index contributed by atoms with van der Waals surface area (Å²) in [7, 11) is 0. The van der Waals surface area contributed by atoms with Crippen LogP contribution in [-0.4, -0.2) is 46.8 Å². The predicted octanol–water partition coefficient (Wildman–Crippen LogP) is -2.43. The minimum absolute atomic E-state index is 0. The minimum Gasteiger partial charge on any atom is -0.549 e. The van der Waals surface area contributed by atoms with E-state index in [9.17, 15) is 0 Å². The predicted molar refractivity (Wildman–Crippen MR) is 37.2 cm³/mol. The molecule has 0 saturated carbocycles. The van der Waals surface area contributed by atoms with Gasteiger partial charge in [0.2, 0.25) is 0 Å². The molecule has 0 saturated heterocycles. The SMILES string of the molecule is O=C([O-])CCl.O=C([O-])CCl.[Mg+2]. The molecule has 0 heterocycles. The molecule has 0 atom stereocenters. The quantitative estimate of drug-likeness (QED) is 0.376. The van der Waals surface area contributed by atoms with Gasteiger partial charge in [0.25, 0.3) is 0 Å². The van der Waals surface area contributed by atoms with E-state index in [1.807, 2.05) is 0 Å². The topological polar surface area (TPSA) is 80.3 Å². The van der Waals surface area contributed by atoms with Gasteiger partial charge in [0.15, 0.2) is 0 Å². The van der Waals surface area contributed by atoms with Crippen molar-refractivity contribution in [2.75, 3.05) is 11.8 Å². The Balaban J connectivity index is -0.000000107. The molecule has 0 aromatic heterocycles. The van der Waals surface area contributed by atoms with Crippen molar-refractivity contribution in [2.24, 2.45) is 0 Å². The van der Waals surface area contributed by atoms with E-state index < -0.39 is 23.7 Å². The summed E-state index contributed by atoms with van der Waals surface area (Å²) in [5.74, 6) is -3.29. The molecule has 0 rings (SSSR count). The Morgan fingerprint density at radius 3 is 1.09 bits per heavy atom. The molecular weight excluding hydrogens is 207 g/mol. The largest absolute Gasteiger partial charge is 2.00 e. The summed E-state index contributed by atoms with van der Waals surface area (Å²) in [6, 6.07) is 0. The van der Waals surface area contributed by atoms with Crippen molar-refractivity contribution in [3.05, 3.63) is 0 Å². The van der Waals surface area contributed by atoms with Gasteiger partial charge in [0.05, 0.1) is 23.7 Å². The Morgan fingerprint density at radius 1 is 1.00 bits per heavy atom. The number of alkyl halides is 2. The van der Waals surface area contributed by atoms with Crippen molar-refractivity contribution in [3.8, 4) is 0 Å². The van der Waals surface area contributed by atoms with Crippen molar-refractivity contribution in [1.82, 2.24) is 0 Å². The third kappa shape index (κ3) is 38.4. The average Bonchev–Trinajstić information content (AvgIpc) is 1.89. The average molecular weight is 211 g/mol. The van der Waals surface area contributed by atoms with Crippen molar-refractivity contribution in [2.45, 2.75) is 0 Å². The summed E-state index contributed by atoms with van der Waals surface area (Å²) < 4.78 is 0. The fourth-order valence-electron chi connectivity index (χ4n) is 0. The van der Waals surface area contributed by atoms with Gasteiger partial charge in [0.1, 0.15) is 0 Å². The number of carbonyl (C=O) groups excluding carboxylic acids is 2. The fourth-order valence-corrected chi connectivity index (χ4v) is 0. The van der Waals surface area contributed by atoms with Crippen molar-refractivity contribution in [3.63, 3.8) is 0 Å². The monoisotopic (exact) mass is 210 g/mol. The number of halogens is 2. The van der Waals surface area contributed by atoms with Gasteiger partial charge in [-0.15, -0.1) is 23.2 Å². The minimum atomic E-state index is -1.23. The maximum absolute atomic E-state index is 9.12. The number of carbonyl (C=O) groups is 2. The van der Waals surface area contributed by atoms with Crippen LogP contribution in [0.25, 0.3) is 0 Å². The summed E-state index contributed by atoms with van der Waals surface area (Å²) in [6.07, 6.45) is 0. The van der Waals surface area contributed by atoms with Gasteiger partial charge >= 0.3 is 23.1 Å². The van der Waals surface area contributed by atoms with Gasteiger partial charge in [-0.3, -0.25) is 0 Å². The van der Waals surface area contributed by atoms with Gasteiger partial charge in [-0.1, -0.05) is 0 Å². The van der Waals surface area contributed by atoms with Crippen LogP contribution in [0.4, 0.5) is 0 Å². The first-order chi connectivity index (χ1) is 4.54. The van der Waals surface area contributed by atoms with Crippen LogP contribution >= 0.6 is 23.2 Å². The van der Waals surface area contributed by atoms with E-state index in [2.05, 4.69) is 23.2 Å². The molecule has 11 heavy (non-hydrogen) atoms. The van der Waals surface area contributed by atoms with Crippen LogP contribution < -0.4 is 10.2 Å². The molecule has 0 aliphatic heterocycles. The summed E-state index contributed by atoms with van der Waals surface area (Å²) in [5.41, 5.74) is 0. The molecule has 0 bridgehead atoms. The zero-order valence-electron chi connectivity index (χ0n) is 5.51. The van der Waals surface area contributed by atoms with Crippen LogP contribution in [0, 0.1) is 0 Å². The van der Waals surface area contributed by atoms with Crippen molar-refractivity contribution >= 4 is 58.2 Å².